The number of fused-ring (bicyclic) bond motifs is 1. The molecular formula is C17H24Cl2N4O3. The number of carbonyl (C=O) groups excluding carboxylic acids is 1. The number of rotatable bonds is 3. The zero-order chi connectivity index (χ0) is 16.5. The monoisotopic (exact) mass is 402 g/mol. The van der Waals surface area contributed by atoms with Crippen LogP contribution in [0, 0.1) is 0 Å². The Morgan fingerprint density at radius 3 is 2.85 bits per heavy atom. The van der Waals surface area contributed by atoms with Gasteiger partial charge in [0.25, 0.3) is 0 Å². The normalized spacial score (nSPS) is 25.3. The van der Waals surface area contributed by atoms with Crippen molar-refractivity contribution in [3.05, 3.63) is 24.0 Å². The molecular weight excluding hydrogens is 379 g/mol. The molecule has 0 radical (unpaired) electrons. The predicted octanol–water partition coefficient (Wildman–Crippen LogP) is 2.57. The summed E-state index contributed by atoms with van der Waals surface area (Å²) in [5, 5.41) is 6.15. The number of ether oxygens (including phenoxy) is 2. The Morgan fingerprint density at radius 2 is 2.12 bits per heavy atom. The number of aromatic nitrogens is 2. The first kappa shape index (κ1) is 20.9. The first-order valence-electron chi connectivity index (χ1n) is 8.48. The van der Waals surface area contributed by atoms with E-state index in [9.17, 15) is 4.79 Å². The van der Waals surface area contributed by atoms with Crippen molar-refractivity contribution in [3.8, 4) is 0 Å². The number of nitrogens with zero attached hydrogens (tertiary/aromatic N) is 1. The highest BCUT2D eigenvalue weighted by Crippen LogP contribution is 2.28. The van der Waals surface area contributed by atoms with Gasteiger partial charge < -0.3 is 25.1 Å². The smallest absolute Gasteiger partial charge is 0.244 e. The van der Waals surface area contributed by atoms with Crippen LogP contribution in [0.1, 0.15) is 31.7 Å². The maximum atomic E-state index is 12.4. The quantitative estimate of drug-likeness (QED) is 0.733. The van der Waals surface area contributed by atoms with Crippen molar-refractivity contribution in [1.29, 1.82) is 0 Å². The maximum Gasteiger partial charge on any atom is 0.244 e. The molecule has 2 saturated heterocycles. The number of hydrogen-bond acceptors (Lipinski definition) is 5. The number of amides is 1. The zero-order valence-corrected chi connectivity index (χ0v) is 16.1. The van der Waals surface area contributed by atoms with E-state index in [-0.39, 0.29) is 49.0 Å². The van der Waals surface area contributed by atoms with E-state index in [1.165, 1.54) is 0 Å². The van der Waals surface area contributed by atoms with Crippen LogP contribution in [0.4, 0.5) is 5.69 Å². The van der Waals surface area contributed by atoms with Gasteiger partial charge in [-0.1, -0.05) is 0 Å². The molecule has 0 bridgehead atoms. The van der Waals surface area contributed by atoms with E-state index in [0.717, 1.165) is 42.0 Å². The lowest BCUT2D eigenvalue weighted by atomic mass is 10.1. The number of hydrogen-bond donors (Lipinski definition) is 3. The third kappa shape index (κ3) is 4.29. The predicted molar refractivity (Wildman–Crippen MR) is 104 cm³/mol. The van der Waals surface area contributed by atoms with Crippen LogP contribution in [0.2, 0.25) is 0 Å². The molecule has 1 unspecified atom stereocenters. The molecule has 1 amide bonds. The van der Waals surface area contributed by atoms with Crippen molar-refractivity contribution in [2.45, 2.75) is 38.0 Å². The largest absolute Gasteiger partial charge is 0.375 e. The summed E-state index contributed by atoms with van der Waals surface area (Å²) >= 11 is 0. The molecule has 0 aliphatic carbocycles. The molecule has 0 saturated carbocycles. The number of nitrogens with one attached hydrogen (secondary N) is 3. The Balaban J connectivity index is 0.00000121. The fraction of sp³-hybridized carbons (Fsp3) is 0.529. The molecule has 2 aliphatic rings. The van der Waals surface area contributed by atoms with Crippen molar-refractivity contribution < 1.29 is 14.3 Å². The maximum absolute atomic E-state index is 12.4. The number of benzene rings is 1. The summed E-state index contributed by atoms with van der Waals surface area (Å²) in [6, 6.07) is 5.36. The summed E-state index contributed by atoms with van der Waals surface area (Å²) < 4.78 is 11.2. The summed E-state index contributed by atoms with van der Waals surface area (Å²) in [5.74, 6) is 0.780. The van der Waals surface area contributed by atoms with Gasteiger partial charge in [-0.2, -0.15) is 0 Å². The molecule has 4 rings (SSSR count). The molecule has 2 fully saturated rings. The Hall–Kier alpha value is -1.38. The number of halogens is 2. The fourth-order valence-corrected chi connectivity index (χ4v) is 3.30. The van der Waals surface area contributed by atoms with Gasteiger partial charge in [0.05, 0.1) is 23.7 Å². The summed E-state index contributed by atoms with van der Waals surface area (Å²) in [6.45, 7) is 4.02. The standard InChI is InChI=1S/C17H22N4O3.2ClH/c1-10-15(18-6-8-23-10)17(22)19-11-4-5-12-13(9-11)21-16(20-12)14-3-2-7-24-14;;/h4-5,9-10,14-15,18H,2-3,6-8H2,1H3,(H,19,22)(H,20,21);2*1H/t10-,14?,15+;;/m1../s1. The third-order valence-electron chi connectivity index (χ3n) is 4.60. The van der Waals surface area contributed by atoms with Crippen LogP contribution in [0.3, 0.4) is 0 Å². The van der Waals surface area contributed by atoms with Crippen LogP contribution in [0.25, 0.3) is 11.0 Å². The van der Waals surface area contributed by atoms with E-state index in [1.54, 1.807) is 0 Å². The van der Waals surface area contributed by atoms with E-state index >= 15 is 0 Å². The lowest BCUT2D eigenvalue weighted by Gasteiger charge is -2.29. The van der Waals surface area contributed by atoms with Gasteiger partial charge >= 0.3 is 0 Å². The second-order valence-corrected chi connectivity index (χ2v) is 6.35. The Labute approximate surface area is 164 Å². The summed E-state index contributed by atoms with van der Waals surface area (Å²) in [7, 11) is 0. The third-order valence-corrected chi connectivity index (χ3v) is 4.60. The van der Waals surface area contributed by atoms with Gasteiger partial charge in [0.15, 0.2) is 0 Å². The van der Waals surface area contributed by atoms with Crippen molar-refractivity contribution in [2.75, 3.05) is 25.1 Å². The number of carbonyl (C=O) groups is 1. The van der Waals surface area contributed by atoms with E-state index in [1.807, 2.05) is 25.1 Å². The number of aromatic amines is 1. The first-order chi connectivity index (χ1) is 11.7. The van der Waals surface area contributed by atoms with Crippen LogP contribution in [0.15, 0.2) is 18.2 Å². The lowest BCUT2D eigenvalue weighted by molar-refractivity contribution is -0.123. The van der Waals surface area contributed by atoms with Gasteiger partial charge in [0.2, 0.25) is 5.91 Å². The topological polar surface area (TPSA) is 88.3 Å². The molecule has 26 heavy (non-hydrogen) atoms. The van der Waals surface area contributed by atoms with Crippen LogP contribution in [-0.4, -0.2) is 47.8 Å². The van der Waals surface area contributed by atoms with Crippen LogP contribution in [-0.2, 0) is 14.3 Å². The number of anilines is 1. The Morgan fingerprint density at radius 1 is 1.27 bits per heavy atom. The summed E-state index contributed by atoms with van der Waals surface area (Å²) in [5.41, 5.74) is 2.53. The van der Waals surface area contributed by atoms with Gasteiger partial charge in [-0.05, 0) is 38.0 Å². The minimum absolute atomic E-state index is 0. The molecule has 9 heteroatoms. The first-order valence-corrected chi connectivity index (χ1v) is 8.48. The Bertz CT molecular complexity index is 749. The number of H-pyrrole nitrogens is 1. The van der Waals surface area contributed by atoms with Crippen molar-refractivity contribution in [1.82, 2.24) is 15.3 Å². The van der Waals surface area contributed by atoms with Gasteiger partial charge in [-0.25, -0.2) is 4.98 Å². The number of imidazole rings is 1. The SMILES string of the molecule is C[C@H]1OCCN[C@@H]1C(=O)Nc1ccc2nc(C3CCCO3)[nH]c2c1.Cl.Cl. The Kier molecular flexibility index (Phi) is 7.25. The van der Waals surface area contributed by atoms with E-state index in [4.69, 9.17) is 9.47 Å². The number of morpholine rings is 1. The van der Waals surface area contributed by atoms with Crippen molar-refractivity contribution in [2.24, 2.45) is 0 Å². The van der Waals surface area contributed by atoms with Gasteiger partial charge in [0, 0.05) is 18.8 Å². The minimum Gasteiger partial charge on any atom is -0.375 e. The molecule has 1 aromatic heterocycles. The molecule has 2 aliphatic heterocycles. The molecule has 3 heterocycles. The second kappa shape index (κ2) is 9.01. The van der Waals surface area contributed by atoms with Gasteiger partial charge in [-0.15, -0.1) is 24.8 Å². The highest BCUT2D eigenvalue weighted by molar-refractivity contribution is 5.96. The minimum atomic E-state index is -0.335. The zero-order valence-electron chi connectivity index (χ0n) is 14.5. The van der Waals surface area contributed by atoms with Crippen molar-refractivity contribution in [3.63, 3.8) is 0 Å². The van der Waals surface area contributed by atoms with Crippen LogP contribution in [0.5, 0.6) is 0 Å². The second-order valence-electron chi connectivity index (χ2n) is 6.35. The van der Waals surface area contributed by atoms with Crippen molar-refractivity contribution >= 4 is 47.4 Å². The molecule has 0 spiro atoms. The molecule has 3 N–H and O–H groups in total. The van der Waals surface area contributed by atoms with Gasteiger partial charge in [-0.3, -0.25) is 4.79 Å². The molecule has 1 aromatic carbocycles. The fourth-order valence-electron chi connectivity index (χ4n) is 3.30. The highest BCUT2D eigenvalue weighted by atomic mass is 35.5. The van der Waals surface area contributed by atoms with Gasteiger partial charge in [0.1, 0.15) is 18.0 Å². The average molecular weight is 403 g/mol. The van der Waals surface area contributed by atoms with E-state index < -0.39 is 0 Å². The molecule has 7 nitrogen and oxygen atoms in total. The van der Waals surface area contributed by atoms with E-state index in [0.29, 0.717) is 13.2 Å². The molecule has 144 valence electrons. The molecule has 2 aromatic rings. The summed E-state index contributed by atoms with van der Waals surface area (Å²) in [4.78, 5) is 20.3. The lowest BCUT2D eigenvalue weighted by Crippen LogP contribution is -2.53. The summed E-state index contributed by atoms with van der Waals surface area (Å²) in [6.07, 6.45) is 1.98. The van der Waals surface area contributed by atoms with Crippen LogP contribution < -0.4 is 10.6 Å². The van der Waals surface area contributed by atoms with Crippen LogP contribution >= 0.6 is 24.8 Å². The molecule has 3 atom stereocenters. The van der Waals surface area contributed by atoms with E-state index in [2.05, 4.69) is 20.6 Å². The highest BCUT2D eigenvalue weighted by Gasteiger charge is 2.28. The average Bonchev–Trinajstić information content (AvgIpc) is 3.24.